The van der Waals surface area contributed by atoms with Gasteiger partial charge in [0.25, 0.3) is 5.91 Å². The van der Waals surface area contributed by atoms with Crippen LogP contribution >= 0.6 is 0 Å². The second kappa shape index (κ2) is 6.12. The Balaban J connectivity index is 1.51. The largest absolute Gasteiger partial charge is 0.392 e. The highest BCUT2D eigenvalue weighted by Crippen LogP contribution is 2.31. The molecule has 1 atom stereocenters. The first-order valence-corrected chi connectivity index (χ1v) is 7.59. The van der Waals surface area contributed by atoms with Crippen LogP contribution in [-0.2, 0) is 6.61 Å². The second-order valence-corrected chi connectivity index (χ2v) is 6.06. The summed E-state index contributed by atoms with van der Waals surface area (Å²) in [4.78, 5) is 14.5. The summed E-state index contributed by atoms with van der Waals surface area (Å²) in [5.74, 6) is -0.287. The molecule has 5 heteroatoms. The van der Waals surface area contributed by atoms with Crippen molar-refractivity contribution in [2.24, 2.45) is 5.92 Å². The number of amides is 1. The predicted molar refractivity (Wildman–Crippen MR) is 77.4 cm³/mol. The van der Waals surface area contributed by atoms with Gasteiger partial charge in [0, 0.05) is 30.3 Å². The molecule has 1 aliphatic heterocycles. The third kappa shape index (κ3) is 3.41. The second-order valence-electron chi connectivity index (χ2n) is 6.06. The summed E-state index contributed by atoms with van der Waals surface area (Å²) in [6.45, 7) is 2.48. The maximum absolute atomic E-state index is 13.6. The molecule has 0 unspecified atom stereocenters. The number of rotatable bonds is 5. The van der Waals surface area contributed by atoms with Crippen LogP contribution in [0.25, 0.3) is 0 Å². The van der Waals surface area contributed by atoms with Gasteiger partial charge < -0.3 is 15.3 Å². The van der Waals surface area contributed by atoms with Crippen molar-refractivity contribution in [1.82, 2.24) is 10.2 Å². The highest BCUT2D eigenvalue weighted by Gasteiger charge is 2.34. The number of hydrogen-bond donors (Lipinski definition) is 2. The molecule has 2 aliphatic rings. The molecule has 1 heterocycles. The van der Waals surface area contributed by atoms with Crippen LogP contribution in [0.4, 0.5) is 4.39 Å². The molecule has 1 aromatic rings. The maximum Gasteiger partial charge on any atom is 0.251 e. The Hall–Kier alpha value is -1.46. The van der Waals surface area contributed by atoms with Gasteiger partial charge in [0.05, 0.1) is 6.61 Å². The summed E-state index contributed by atoms with van der Waals surface area (Å²) in [6.07, 6.45) is 3.75. The number of aliphatic hydroxyl groups excluding tert-OH is 1. The van der Waals surface area contributed by atoms with Crippen LogP contribution in [0.3, 0.4) is 0 Å². The molecule has 1 aromatic carbocycles. The first kappa shape index (κ1) is 14.5. The average molecular weight is 292 g/mol. The fourth-order valence-corrected chi connectivity index (χ4v) is 2.96. The molecule has 1 amide bonds. The highest BCUT2D eigenvalue weighted by molar-refractivity contribution is 5.94. The molecule has 0 bridgehead atoms. The van der Waals surface area contributed by atoms with E-state index in [1.165, 1.54) is 25.0 Å². The lowest BCUT2D eigenvalue weighted by atomic mass is 10.1. The summed E-state index contributed by atoms with van der Waals surface area (Å²) >= 11 is 0. The summed E-state index contributed by atoms with van der Waals surface area (Å²) in [5, 5.41) is 11.8. The minimum atomic E-state index is -0.536. The van der Waals surface area contributed by atoms with Gasteiger partial charge in [-0.05, 0) is 43.9 Å². The van der Waals surface area contributed by atoms with E-state index in [0.717, 1.165) is 25.6 Å². The number of hydrogen-bond acceptors (Lipinski definition) is 3. The molecule has 1 aliphatic carbocycles. The van der Waals surface area contributed by atoms with E-state index in [0.29, 0.717) is 18.0 Å². The van der Waals surface area contributed by atoms with E-state index in [1.807, 2.05) is 0 Å². The zero-order valence-electron chi connectivity index (χ0n) is 12.0. The van der Waals surface area contributed by atoms with Crippen LogP contribution < -0.4 is 5.32 Å². The molecule has 2 N–H and O–H groups in total. The van der Waals surface area contributed by atoms with Gasteiger partial charge in [0.2, 0.25) is 0 Å². The lowest BCUT2D eigenvalue weighted by Gasteiger charge is -2.15. The molecule has 3 rings (SSSR count). The monoisotopic (exact) mass is 292 g/mol. The number of carbonyl (C=O) groups is 1. The van der Waals surface area contributed by atoms with Gasteiger partial charge in [-0.2, -0.15) is 0 Å². The Morgan fingerprint density at radius 1 is 1.38 bits per heavy atom. The van der Waals surface area contributed by atoms with E-state index in [2.05, 4.69) is 10.2 Å². The maximum atomic E-state index is 13.6. The fourth-order valence-electron chi connectivity index (χ4n) is 2.96. The number of benzene rings is 1. The minimum absolute atomic E-state index is 0.211. The summed E-state index contributed by atoms with van der Waals surface area (Å²) < 4.78 is 13.6. The van der Waals surface area contributed by atoms with Crippen molar-refractivity contribution in [2.45, 2.75) is 31.9 Å². The van der Waals surface area contributed by atoms with Crippen molar-refractivity contribution in [3.63, 3.8) is 0 Å². The average Bonchev–Trinajstić information content (AvgIpc) is 3.23. The lowest BCUT2D eigenvalue weighted by Crippen LogP contribution is -2.31. The van der Waals surface area contributed by atoms with Gasteiger partial charge in [0.15, 0.2) is 0 Å². The molecule has 0 radical (unpaired) electrons. The third-order valence-electron chi connectivity index (χ3n) is 4.42. The van der Waals surface area contributed by atoms with Crippen molar-refractivity contribution >= 4 is 5.91 Å². The van der Waals surface area contributed by atoms with E-state index < -0.39 is 5.82 Å². The molecule has 0 spiro atoms. The Morgan fingerprint density at radius 3 is 2.86 bits per heavy atom. The summed E-state index contributed by atoms with van der Waals surface area (Å²) in [6, 6.07) is 4.97. The van der Waals surface area contributed by atoms with E-state index in [-0.39, 0.29) is 18.1 Å². The number of nitrogens with zero attached hydrogens (tertiary/aromatic N) is 1. The van der Waals surface area contributed by atoms with E-state index in [9.17, 15) is 9.18 Å². The van der Waals surface area contributed by atoms with Crippen LogP contribution in [0.2, 0.25) is 0 Å². The highest BCUT2D eigenvalue weighted by atomic mass is 19.1. The molecule has 1 saturated heterocycles. The molecule has 1 saturated carbocycles. The molecule has 21 heavy (non-hydrogen) atoms. The van der Waals surface area contributed by atoms with Gasteiger partial charge in [-0.3, -0.25) is 4.79 Å². The molecular weight excluding hydrogens is 271 g/mol. The number of carbonyl (C=O) groups excluding carboxylic acids is 1. The summed E-state index contributed by atoms with van der Waals surface area (Å²) in [7, 11) is 0. The smallest absolute Gasteiger partial charge is 0.251 e. The molecular formula is C16H21FN2O2. The fraction of sp³-hybridized carbons (Fsp3) is 0.562. The first-order chi connectivity index (χ1) is 10.2. The van der Waals surface area contributed by atoms with E-state index in [4.69, 9.17) is 5.11 Å². The SMILES string of the molecule is O=C(NC[C@@H]1CCN(C2CC2)C1)c1ccc(CO)c(F)c1. The quantitative estimate of drug-likeness (QED) is 0.865. The Bertz CT molecular complexity index is 531. The van der Waals surface area contributed by atoms with Crippen LogP contribution in [0.15, 0.2) is 18.2 Å². The number of likely N-dealkylation sites (tertiary alicyclic amines) is 1. The molecule has 2 fully saturated rings. The Kier molecular flexibility index (Phi) is 4.22. The van der Waals surface area contributed by atoms with E-state index >= 15 is 0 Å². The number of aliphatic hydroxyl groups is 1. The summed E-state index contributed by atoms with van der Waals surface area (Å²) in [5.41, 5.74) is 0.518. The van der Waals surface area contributed by atoms with Gasteiger partial charge >= 0.3 is 0 Å². The van der Waals surface area contributed by atoms with Crippen molar-refractivity contribution < 1.29 is 14.3 Å². The van der Waals surface area contributed by atoms with Gasteiger partial charge in [-0.1, -0.05) is 6.07 Å². The zero-order valence-corrected chi connectivity index (χ0v) is 12.0. The number of halogens is 1. The third-order valence-corrected chi connectivity index (χ3v) is 4.42. The topological polar surface area (TPSA) is 52.6 Å². The normalized spacial score (nSPS) is 22.5. The molecule has 4 nitrogen and oxygen atoms in total. The van der Waals surface area contributed by atoms with Crippen molar-refractivity contribution in [3.05, 3.63) is 35.1 Å². The van der Waals surface area contributed by atoms with Crippen molar-refractivity contribution in [3.8, 4) is 0 Å². The molecule has 114 valence electrons. The van der Waals surface area contributed by atoms with Gasteiger partial charge in [-0.15, -0.1) is 0 Å². The lowest BCUT2D eigenvalue weighted by molar-refractivity contribution is 0.0946. The Morgan fingerprint density at radius 2 is 2.19 bits per heavy atom. The first-order valence-electron chi connectivity index (χ1n) is 7.59. The Labute approximate surface area is 124 Å². The van der Waals surface area contributed by atoms with Crippen molar-refractivity contribution in [1.29, 1.82) is 0 Å². The minimum Gasteiger partial charge on any atom is -0.392 e. The number of nitrogens with one attached hydrogen (secondary N) is 1. The van der Waals surface area contributed by atoms with Crippen LogP contribution in [0, 0.1) is 11.7 Å². The standard InChI is InChI=1S/C16H21FN2O2/c17-15-7-12(1-2-13(15)10-20)16(21)18-8-11-5-6-19(9-11)14-3-4-14/h1-2,7,11,14,20H,3-6,8-10H2,(H,18,21)/t11-/m0/s1. The van der Waals surface area contributed by atoms with Crippen molar-refractivity contribution in [2.75, 3.05) is 19.6 Å². The van der Waals surface area contributed by atoms with Gasteiger partial charge in [-0.25, -0.2) is 4.39 Å². The zero-order chi connectivity index (χ0) is 14.8. The van der Waals surface area contributed by atoms with Gasteiger partial charge in [0.1, 0.15) is 5.82 Å². The van der Waals surface area contributed by atoms with Crippen LogP contribution in [-0.4, -0.2) is 41.6 Å². The van der Waals surface area contributed by atoms with Crippen LogP contribution in [0.5, 0.6) is 0 Å². The van der Waals surface area contributed by atoms with Crippen LogP contribution in [0.1, 0.15) is 35.2 Å². The molecule has 0 aromatic heterocycles. The van der Waals surface area contributed by atoms with E-state index in [1.54, 1.807) is 6.07 Å². The predicted octanol–water partition coefficient (Wildman–Crippen LogP) is 1.53.